The van der Waals surface area contributed by atoms with Crippen molar-refractivity contribution in [1.82, 2.24) is 4.98 Å². The van der Waals surface area contributed by atoms with E-state index in [1.54, 1.807) is 48.7 Å². The molecule has 3 heterocycles. The van der Waals surface area contributed by atoms with Crippen LogP contribution in [0.4, 0.5) is 0 Å². The van der Waals surface area contributed by atoms with E-state index >= 15 is 0 Å². The van der Waals surface area contributed by atoms with Crippen molar-refractivity contribution in [3.8, 4) is 28.8 Å². The summed E-state index contributed by atoms with van der Waals surface area (Å²) in [7, 11) is 0. The predicted octanol–water partition coefficient (Wildman–Crippen LogP) is 7.03. The fourth-order valence-corrected chi connectivity index (χ4v) is 3.88. The van der Waals surface area contributed by atoms with Gasteiger partial charge in [0.05, 0.1) is 27.4 Å². The monoisotopic (exact) mass is 412 g/mol. The minimum atomic E-state index is 0.393. The van der Waals surface area contributed by atoms with E-state index in [0.717, 1.165) is 0 Å². The lowest BCUT2D eigenvalue weighted by atomic mass is 10.2. The normalized spacial score (nSPS) is 11.5. The third-order valence-corrected chi connectivity index (χ3v) is 5.26. The van der Waals surface area contributed by atoms with Crippen LogP contribution < -0.4 is 0 Å². The molecule has 1 aromatic carbocycles. The van der Waals surface area contributed by atoms with Crippen LogP contribution in [0.1, 0.15) is 10.8 Å². The molecule has 0 radical (unpaired) electrons. The van der Waals surface area contributed by atoms with Crippen molar-refractivity contribution in [2.75, 3.05) is 0 Å². The number of rotatable bonds is 4. The number of furan rings is 2. The van der Waals surface area contributed by atoms with Crippen LogP contribution in [0.15, 0.2) is 62.9 Å². The highest BCUT2D eigenvalue weighted by molar-refractivity contribution is 7.11. The van der Waals surface area contributed by atoms with Gasteiger partial charge in [0.25, 0.3) is 0 Å². The van der Waals surface area contributed by atoms with Gasteiger partial charge in [-0.05, 0) is 36.4 Å². The summed E-state index contributed by atoms with van der Waals surface area (Å²) in [6, 6.07) is 14.6. The maximum atomic E-state index is 9.53. The Morgan fingerprint density at radius 2 is 1.89 bits per heavy atom. The van der Waals surface area contributed by atoms with Crippen LogP contribution in [-0.4, -0.2) is 4.98 Å². The molecule has 0 aliphatic carbocycles. The first-order valence-electron chi connectivity index (χ1n) is 7.81. The molecule has 0 saturated heterocycles. The van der Waals surface area contributed by atoms with Gasteiger partial charge in [-0.1, -0.05) is 29.3 Å². The summed E-state index contributed by atoms with van der Waals surface area (Å²) < 4.78 is 11.2. The molecule has 4 rings (SSSR count). The summed E-state index contributed by atoms with van der Waals surface area (Å²) in [4.78, 5) is 4.46. The van der Waals surface area contributed by atoms with Crippen LogP contribution in [-0.2, 0) is 0 Å². The molecule has 3 aromatic heterocycles. The minimum Gasteiger partial charge on any atom is -0.463 e. The Kier molecular flexibility index (Phi) is 4.87. The number of benzene rings is 1. The number of thiazole rings is 1. The summed E-state index contributed by atoms with van der Waals surface area (Å²) in [6.45, 7) is 0. The molecular weight excluding hydrogens is 403 g/mol. The zero-order valence-electron chi connectivity index (χ0n) is 13.6. The van der Waals surface area contributed by atoms with E-state index in [-0.39, 0.29) is 0 Å². The van der Waals surface area contributed by atoms with Gasteiger partial charge in [0.2, 0.25) is 0 Å². The number of allylic oxidation sites excluding steroid dienone is 1. The maximum Gasteiger partial charge on any atom is 0.153 e. The Bertz CT molecular complexity index is 1150. The average molecular weight is 413 g/mol. The molecule has 0 saturated carbocycles. The van der Waals surface area contributed by atoms with Crippen molar-refractivity contribution >= 4 is 46.2 Å². The average Bonchev–Trinajstić information content (AvgIpc) is 3.40. The molecule has 0 bridgehead atoms. The minimum absolute atomic E-state index is 0.393. The molecule has 0 atom stereocenters. The summed E-state index contributed by atoms with van der Waals surface area (Å²) in [5.41, 5.74) is 1.70. The van der Waals surface area contributed by atoms with Crippen LogP contribution in [0.25, 0.3) is 34.4 Å². The van der Waals surface area contributed by atoms with Crippen LogP contribution in [0.2, 0.25) is 10.0 Å². The van der Waals surface area contributed by atoms with E-state index in [0.29, 0.717) is 49.2 Å². The van der Waals surface area contributed by atoms with E-state index in [1.165, 1.54) is 11.3 Å². The lowest BCUT2D eigenvalue weighted by Crippen LogP contribution is -1.81. The second-order valence-corrected chi connectivity index (χ2v) is 7.16. The molecule has 27 heavy (non-hydrogen) atoms. The summed E-state index contributed by atoms with van der Waals surface area (Å²) in [5, 5.41) is 13.0. The first-order chi connectivity index (χ1) is 13.2. The van der Waals surface area contributed by atoms with Crippen molar-refractivity contribution in [3.05, 3.63) is 74.9 Å². The molecule has 0 spiro atoms. The van der Waals surface area contributed by atoms with Gasteiger partial charge in [0.1, 0.15) is 28.3 Å². The van der Waals surface area contributed by atoms with E-state index in [1.807, 2.05) is 11.4 Å². The fraction of sp³-hybridized carbons (Fsp3) is 0. The number of halogens is 2. The number of hydrogen-bond donors (Lipinski definition) is 0. The maximum absolute atomic E-state index is 9.53. The standard InChI is InChI=1S/C20H10Cl2N2O2S/c21-14-3-1-4-15(22)19(14)18-7-6-13(26-18)9-12(10-23)20-24-16(11-27-20)17-5-2-8-25-17/h1-9,11H/b12-9+. The zero-order chi connectivity index (χ0) is 18.8. The fourth-order valence-electron chi connectivity index (χ4n) is 2.52. The SMILES string of the molecule is N#C/C(=C\c1ccc(-c2c(Cl)cccc2Cl)o1)c1nc(-c2ccco2)cs1. The Morgan fingerprint density at radius 3 is 2.59 bits per heavy atom. The van der Waals surface area contributed by atoms with Crippen molar-refractivity contribution in [3.63, 3.8) is 0 Å². The van der Waals surface area contributed by atoms with Crippen molar-refractivity contribution in [1.29, 1.82) is 5.26 Å². The van der Waals surface area contributed by atoms with E-state index in [4.69, 9.17) is 32.0 Å². The summed E-state index contributed by atoms with van der Waals surface area (Å²) >= 11 is 13.8. The van der Waals surface area contributed by atoms with E-state index in [9.17, 15) is 5.26 Å². The highest BCUT2D eigenvalue weighted by atomic mass is 35.5. The predicted molar refractivity (Wildman–Crippen MR) is 107 cm³/mol. The molecule has 0 fully saturated rings. The van der Waals surface area contributed by atoms with Gasteiger partial charge in [0.15, 0.2) is 5.76 Å². The molecule has 0 amide bonds. The van der Waals surface area contributed by atoms with Crippen LogP contribution >= 0.6 is 34.5 Å². The van der Waals surface area contributed by atoms with Crippen molar-refractivity contribution < 1.29 is 8.83 Å². The molecule has 0 N–H and O–H groups in total. The molecule has 7 heteroatoms. The van der Waals surface area contributed by atoms with Crippen molar-refractivity contribution in [2.24, 2.45) is 0 Å². The number of nitrogens with zero attached hydrogens (tertiary/aromatic N) is 2. The number of hydrogen-bond acceptors (Lipinski definition) is 5. The Balaban J connectivity index is 1.67. The van der Waals surface area contributed by atoms with Gasteiger partial charge in [-0.2, -0.15) is 5.26 Å². The van der Waals surface area contributed by atoms with Crippen LogP contribution in [0.3, 0.4) is 0 Å². The van der Waals surface area contributed by atoms with Gasteiger partial charge in [-0.3, -0.25) is 0 Å². The van der Waals surface area contributed by atoms with E-state index in [2.05, 4.69) is 11.1 Å². The first kappa shape index (κ1) is 17.6. The molecule has 0 aliphatic rings. The molecule has 4 aromatic rings. The summed E-state index contributed by atoms with van der Waals surface area (Å²) in [6.07, 6.45) is 3.22. The highest BCUT2D eigenvalue weighted by Crippen LogP contribution is 2.36. The van der Waals surface area contributed by atoms with E-state index < -0.39 is 0 Å². The highest BCUT2D eigenvalue weighted by Gasteiger charge is 2.14. The largest absolute Gasteiger partial charge is 0.463 e. The summed E-state index contributed by atoms with van der Waals surface area (Å²) in [5.74, 6) is 1.69. The molecule has 4 nitrogen and oxygen atoms in total. The van der Waals surface area contributed by atoms with Gasteiger partial charge in [-0.25, -0.2) is 4.98 Å². The molecule has 132 valence electrons. The van der Waals surface area contributed by atoms with Crippen LogP contribution in [0.5, 0.6) is 0 Å². The third kappa shape index (κ3) is 3.56. The Labute approximate surface area is 168 Å². The van der Waals surface area contributed by atoms with Crippen molar-refractivity contribution in [2.45, 2.75) is 0 Å². The number of aromatic nitrogens is 1. The van der Waals surface area contributed by atoms with Gasteiger partial charge >= 0.3 is 0 Å². The quantitative estimate of drug-likeness (QED) is 0.337. The number of nitriles is 1. The molecular formula is C20H10Cl2N2O2S. The van der Waals surface area contributed by atoms with Gasteiger partial charge in [0, 0.05) is 11.5 Å². The Morgan fingerprint density at radius 1 is 1.07 bits per heavy atom. The second-order valence-electron chi connectivity index (χ2n) is 5.48. The second kappa shape index (κ2) is 7.45. The third-order valence-electron chi connectivity index (χ3n) is 3.75. The molecule has 0 unspecified atom stereocenters. The first-order valence-corrected chi connectivity index (χ1v) is 9.45. The topological polar surface area (TPSA) is 63.0 Å². The lowest BCUT2D eigenvalue weighted by molar-refractivity contribution is 0.572. The zero-order valence-corrected chi connectivity index (χ0v) is 16.0. The van der Waals surface area contributed by atoms with Gasteiger partial charge in [-0.15, -0.1) is 11.3 Å². The smallest absolute Gasteiger partial charge is 0.153 e. The van der Waals surface area contributed by atoms with Gasteiger partial charge < -0.3 is 8.83 Å². The van der Waals surface area contributed by atoms with Crippen LogP contribution in [0, 0.1) is 11.3 Å². The molecule has 0 aliphatic heterocycles. The Hall–Kier alpha value is -2.78. The lowest BCUT2D eigenvalue weighted by Gasteiger charge is -2.02.